The van der Waals surface area contributed by atoms with E-state index in [1.807, 2.05) is 12.1 Å². The van der Waals surface area contributed by atoms with Crippen molar-refractivity contribution >= 4 is 37.4 Å². The first kappa shape index (κ1) is 25.1. The lowest BCUT2D eigenvalue weighted by atomic mass is 10.0. The van der Waals surface area contributed by atoms with Crippen molar-refractivity contribution in [3.63, 3.8) is 0 Å². The molecule has 2 fully saturated rings. The molecule has 1 aliphatic heterocycles. The van der Waals surface area contributed by atoms with Gasteiger partial charge in [0.25, 0.3) is 0 Å². The minimum atomic E-state index is 0.543. The normalized spacial score (nSPS) is 18.8. The lowest BCUT2D eigenvalue weighted by Gasteiger charge is -2.28. The Balaban J connectivity index is 0.000000305. The first-order valence-electron chi connectivity index (χ1n) is 11.8. The van der Waals surface area contributed by atoms with Crippen molar-refractivity contribution in [2.24, 2.45) is 5.92 Å². The van der Waals surface area contributed by atoms with Gasteiger partial charge >= 0.3 is 0 Å². The molecule has 1 aliphatic carbocycles. The summed E-state index contributed by atoms with van der Waals surface area (Å²) < 4.78 is 5.16. The molecule has 32 heavy (non-hydrogen) atoms. The number of methoxy groups -OCH3 is 1. The van der Waals surface area contributed by atoms with Gasteiger partial charge in [0, 0.05) is 5.69 Å². The summed E-state index contributed by atoms with van der Waals surface area (Å²) >= 11 is 6.15. The number of halogens is 1. The minimum absolute atomic E-state index is 0.543. The van der Waals surface area contributed by atoms with Gasteiger partial charge in [-0.15, -0.1) is 0 Å². The Morgan fingerprint density at radius 3 is 2.44 bits per heavy atom. The zero-order valence-electron chi connectivity index (χ0n) is 19.6. The highest BCUT2D eigenvalue weighted by Gasteiger charge is 2.18. The number of piperidine rings is 1. The summed E-state index contributed by atoms with van der Waals surface area (Å²) in [5, 5.41) is 3.72. The van der Waals surface area contributed by atoms with Crippen molar-refractivity contribution in [2.45, 2.75) is 63.9 Å². The third-order valence-corrected chi connectivity index (χ3v) is 7.96. The van der Waals surface area contributed by atoms with E-state index >= 15 is 0 Å². The van der Waals surface area contributed by atoms with Gasteiger partial charge in [0.2, 0.25) is 5.95 Å². The Morgan fingerprint density at radius 1 is 1.06 bits per heavy atom. The van der Waals surface area contributed by atoms with Crippen molar-refractivity contribution in [3.05, 3.63) is 29.5 Å². The van der Waals surface area contributed by atoms with Crippen molar-refractivity contribution in [3.8, 4) is 5.75 Å². The van der Waals surface area contributed by atoms with Crippen LogP contribution in [0.5, 0.6) is 5.75 Å². The molecule has 1 aromatic heterocycles. The fraction of sp³-hybridized carbons (Fsp3) is 0.625. The van der Waals surface area contributed by atoms with Crippen LogP contribution in [-0.2, 0) is 0 Å². The summed E-state index contributed by atoms with van der Waals surface area (Å²) in [5.41, 5.74) is 2.36. The Hall–Kier alpha value is -1.49. The molecule has 1 N–H and O–H groups in total. The number of hydrogen-bond donors (Lipinski definition) is 1. The Kier molecular flexibility index (Phi) is 10.4. The number of ether oxygens (including phenoxy) is 1. The summed E-state index contributed by atoms with van der Waals surface area (Å²) in [6, 6.07) is 5.49. The zero-order valence-corrected chi connectivity index (χ0v) is 21.4. The first-order valence-corrected chi connectivity index (χ1v) is 13.2. The van der Waals surface area contributed by atoms with Crippen molar-refractivity contribution in [1.29, 1.82) is 0 Å². The monoisotopic (exact) mass is 477 g/mol. The van der Waals surface area contributed by atoms with E-state index in [-0.39, 0.29) is 0 Å². The van der Waals surface area contributed by atoms with Gasteiger partial charge in [-0.05, 0) is 71.3 Å². The minimum Gasteiger partial charge on any atom is -0.495 e. The van der Waals surface area contributed by atoms with Gasteiger partial charge in [-0.1, -0.05) is 57.0 Å². The Labute approximate surface area is 199 Å². The molecule has 0 radical (unpaired) electrons. The molecule has 8 heteroatoms. The van der Waals surface area contributed by atoms with E-state index in [0.29, 0.717) is 31.0 Å². The number of rotatable bonds is 5. The van der Waals surface area contributed by atoms with Crippen LogP contribution in [0.25, 0.3) is 0 Å². The molecule has 6 nitrogen and oxygen atoms in total. The van der Waals surface area contributed by atoms with Gasteiger partial charge in [-0.25, -0.2) is 9.97 Å². The summed E-state index contributed by atoms with van der Waals surface area (Å²) in [6.07, 6.45) is 12.9. The van der Waals surface area contributed by atoms with Crippen LogP contribution in [0.3, 0.4) is 0 Å². The fourth-order valence-electron chi connectivity index (χ4n) is 4.12. The maximum atomic E-state index is 6.15. The van der Waals surface area contributed by atoms with E-state index in [0.717, 1.165) is 30.3 Å². The maximum Gasteiger partial charge on any atom is 0.230 e. The lowest BCUT2D eigenvalue weighted by Crippen LogP contribution is -2.32. The average molecular weight is 478 g/mol. The SMILES string of the molecule is CC1CCCCCC1.COc1ccc(Nc2ncnc(PC3CCN(C)CC3)n2)cc1Cl. The average Bonchev–Trinajstić information content (AvgIpc) is 3.04. The van der Waals surface area contributed by atoms with Crippen LogP contribution in [0.1, 0.15) is 58.3 Å². The molecule has 1 unspecified atom stereocenters. The van der Waals surface area contributed by atoms with Gasteiger partial charge < -0.3 is 15.0 Å². The first-order chi connectivity index (χ1) is 15.5. The van der Waals surface area contributed by atoms with E-state index in [4.69, 9.17) is 16.3 Å². The Bertz CT molecular complexity index is 824. The third kappa shape index (κ3) is 8.46. The van der Waals surface area contributed by atoms with Crippen molar-refractivity contribution < 1.29 is 4.74 Å². The molecule has 1 aromatic carbocycles. The number of anilines is 2. The van der Waals surface area contributed by atoms with Gasteiger partial charge in [-0.3, -0.25) is 0 Å². The topological polar surface area (TPSA) is 63.2 Å². The summed E-state index contributed by atoms with van der Waals surface area (Å²) in [5.74, 6) is 2.21. The zero-order chi connectivity index (χ0) is 22.8. The molecule has 0 spiro atoms. The van der Waals surface area contributed by atoms with Crippen LogP contribution in [0.4, 0.5) is 11.6 Å². The second-order valence-electron chi connectivity index (χ2n) is 8.93. The third-order valence-electron chi connectivity index (χ3n) is 6.18. The number of hydrogen-bond acceptors (Lipinski definition) is 6. The summed E-state index contributed by atoms with van der Waals surface area (Å²) in [4.78, 5) is 15.4. The molecule has 0 bridgehead atoms. The fourth-order valence-corrected chi connectivity index (χ4v) is 5.59. The number of aromatic nitrogens is 3. The van der Waals surface area contributed by atoms with E-state index in [2.05, 4.69) is 39.1 Å². The van der Waals surface area contributed by atoms with Crippen LogP contribution in [0, 0.1) is 5.92 Å². The van der Waals surface area contributed by atoms with Gasteiger partial charge in [0.15, 0.2) is 5.57 Å². The number of likely N-dealkylation sites (tertiary alicyclic amines) is 1. The van der Waals surface area contributed by atoms with Gasteiger partial charge in [-0.2, -0.15) is 4.98 Å². The molecule has 2 aromatic rings. The lowest BCUT2D eigenvalue weighted by molar-refractivity contribution is 0.281. The van der Waals surface area contributed by atoms with E-state index in [1.165, 1.54) is 51.4 Å². The number of benzene rings is 1. The largest absolute Gasteiger partial charge is 0.495 e. The standard InChI is InChI=1S/C16H21ClN5OP.C8H16/c1-22-7-5-12(6-8-22)24-16-19-10-18-15(21-16)20-11-3-4-14(23-2)13(17)9-11;1-8-6-4-2-3-5-7-8/h3-4,9-10,12,24H,5-8H2,1-2H3,(H,18,19,20,21);8H,2-7H2,1H3. The van der Waals surface area contributed by atoms with Crippen LogP contribution >= 0.6 is 20.2 Å². The molecule has 1 saturated heterocycles. The molecule has 2 aliphatic rings. The molecule has 2 heterocycles. The highest BCUT2D eigenvalue weighted by atomic mass is 35.5. The van der Waals surface area contributed by atoms with Crippen molar-refractivity contribution in [1.82, 2.24) is 19.9 Å². The Morgan fingerprint density at radius 2 is 1.78 bits per heavy atom. The second kappa shape index (κ2) is 13.3. The molecule has 176 valence electrons. The summed E-state index contributed by atoms with van der Waals surface area (Å²) in [7, 11) is 4.39. The molecule has 0 amide bonds. The van der Waals surface area contributed by atoms with Crippen LogP contribution < -0.4 is 15.6 Å². The van der Waals surface area contributed by atoms with Crippen LogP contribution in [0.15, 0.2) is 24.5 Å². The van der Waals surface area contributed by atoms with Gasteiger partial charge in [0.1, 0.15) is 12.1 Å². The van der Waals surface area contributed by atoms with Crippen molar-refractivity contribution in [2.75, 3.05) is 32.6 Å². The van der Waals surface area contributed by atoms with Gasteiger partial charge in [0.05, 0.1) is 12.1 Å². The van der Waals surface area contributed by atoms with E-state index in [1.54, 1.807) is 19.5 Å². The highest BCUT2D eigenvalue weighted by molar-refractivity contribution is 7.47. The maximum absolute atomic E-state index is 6.15. The van der Waals surface area contributed by atoms with E-state index < -0.39 is 0 Å². The molecule has 4 rings (SSSR count). The quantitative estimate of drug-likeness (QED) is 0.443. The predicted octanol–water partition coefficient (Wildman–Crippen LogP) is 5.65. The predicted molar refractivity (Wildman–Crippen MR) is 136 cm³/mol. The smallest absolute Gasteiger partial charge is 0.230 e. The molecular formula is C24H37ClN5OP. The van der Waals surface area contributed by atoms with E-state index in [9.17, 15) is 0 Å². The summed E-state index contributed by atoms with van der Waals surface area (Å²) in [6.45, 7) is 4.68. The number of nitrogens with one attached hydrogen (secondary N) is 1. The highest BCUT2D eigenvalue weighted by Crippen LogP contribution is 2.29. The van der Waals surface area contributed by atoms with Crippen LogP contribution in [-0.4, -0.2) is 52.8 Å². The second-order valence-corrected chi connectivity index (χ2v) is 10.9. The molecular weight excluding hydrogens is 441 g/mol. The molecule has 1 atom stereocenters. The number of nitrogens with zero attached hydrogens (tertiary/aromatic N) is 4. The molecule has 1 saturated carbocycles. The van der Waals surface area contributed by atoms with Crippen LogP contribution in [0.2, 0.25) is 5.02 Å².